The van der Waals surface area contributed by atoms with Crippen molar-refractivity contribution in [2.24, 2.45) is 11.8 Å². The number of rotatable bonds is 6. The second kappa shape index (κ2) is 8.23. The van der Waals surface area contributed by atoms with Gasteiger partial charge in [0.05, 0.1) is 13.0 Å². The lowest BCUT2D eigenvalue weighted by Crippen LogP contribution is -2.36. The fourth-order valence-electron chi connectivity index (χ4n) is 4.00. The summed E-state index contributed by atoms with van der Waals surface area (Å²) in [5.74, 6) is 0.191. The van der Waals surface area contributed by atoms with Crippen LogP contribution in [0.1, 0.15) is 34.7 Å². The van der Waals surface area contributed by atoms with Crippen LogP contribution < -0.4 is 10.1 Å². The summed E-state index contributed by atoms with van der Waals surface area (Å²) >= 11 is 0. The fourth-order valence-corrected chi connectivity index (χ4v) is 4.00. The number of halogens is 1. The molecule has 2 atom stereocenters. The number of nitrogens with one attached hydrogen (secondary N) is 1. The zero-order chi connectivity index (χ0) is 20.4. The van der Waals surface area contributed by atoms with Gasteiger partial charge >= 0.3 is 0 Å². The van der Waals surface area contributed by atoms with E-state index in [1.807, 2.05) is 24.3 Å². The van der Waals surface area contributed by atoms with Crippen LogP contribution in [0.2, 0.25) is 0 Å². The van der Waals surface area contributed by atoms with Crippen LogP contribution in [0.3, 0.4) is 0 Å². The molecule has 4 rings (SSSR count). The number of methoxy groups -OCH3 is 1. The van der Waals surface area contributed by atoms with E-state index in [4.69, 9.17) is 4.74 Å². The molecule has 0 unspecified atom stereocenters. The third-order valence-corrected chi connectivity index (χ3v) is 5.84. The van der Waals surface area contributed by atoms with Crippen LogP contribution in [0.25, 0.3) is 0 Å². The van der Waals surface area contributed by atoms with Crippen molar-refractivity contribution in [3.63, 3.8) is 0 Å². The summed E-state index contributed by atoms with van der Waals surface area (Å²) in [5.41, 5.74) is 1.35. The Morgan fingerprint density at radius 2 is 1.83 bits per heavy atom. The molecule has 1 saturated heterocycles. The third kappa shape index (κ3) is 4.26. The average molecular weight is 396 g/mol. The Kier molecular flexibility index (Phi) is 5.51. The zero-order valence-corrected chi connectivity index (χ0v) is 16.4. The molecule has 2 aliphatic rings. The van der Waals surface area contributed by atoms with Gasteiger partial charge in [0, 0.05) is 31.1 Å². The van der Waals surface area contributed by atoms with Crippen molar-refractivity contribution in [1.29, 1.82) is 0 Å². The topological polar surface area (TPSA) is 58.6 Å². The van der Waals surface area contributed by atoms with Crippen LogP contribution in [-0.4, -0.2) is 43.5 Å². The van der Waals surface area contributed by atoms with Gasteiger partial charge in [0.2, 0.25) is 5.91 Å². The second-order valence-corrected chi connectivity index (χ2v) is 7.86. The molecule has 1 saturated carbocycles. The zero-order valence-electron chi connectivity index (χ0n) is 16.4. The highest BCUT2D eigenvalue weighted by Crippen LogP contribution is 2.38. The molecule has 6 heteroatoms. The number of ether oxygens (including phenoxy) is 1. The first kappa shape index (κ1) is 19.4. The van der Waals surface area contributed by atoms with E-state index >= 15 is 0 Å². The van der Waals surface area contributed by atoms with Gasteiger partial charge in [-0.2, -0.15) is 0 Å². The number of likely N-dealkylation sites (tertiary alicyclic amines) is 1. The number of carbonyl (C=O) groups excluding carboxylic acids is 2. The van der Waals surface area contributed by atoms with Crippen LogP contribution in [0, 0.1) is 17.7 Å². The molecular formula is C23H25FN2O3. The van der Waals surface area contributed by atoms with E-state index in [9.17, 15) is 14.0 Å². The van der Waals surface area contributed by atoms with Gasteiger partial charge in [0.25, 0.3) is 5.91 Å². The van der Waals surface area contributed by atoms with Crippen LogP contribution in [0.4, 0.5) is 4.39 Å². The molecule has 152 valence electrons. The minimum Gasteiger partial charge on any atom is -0.496 e. The number of amides is 2. The van der Waals surface area contributed by atoms with Crippen molar-refractivity contribution >= 4 is 11.8 Å². The molecule has 2 fully saturated rings. The summed E-state index contributed by atoms with van der Waals surface area (Å²) in [7, 11) is 1.61. The Morgan fingerprint density at radius 3 is 2.52 bits per heavy atom. The van der Waals surface area contributed by atoms with E-state index in [0.29, 0.717) is 36.9 Å². The normalized spacial score (nSPS) is 21.1. The lowest BCUT2D eigenvalue weighted by Gasteiger charge is -2.20. The highest BCUT2D eigenvalue weighted by atomic mass is 19.1. The first-order valence-corrected chi connectivity index (χ1v) is 10.0. The smallest absolute Gasteiger partial charge is 0.253 e. The SMILES string of the molecule is COc1ccccc1[C@@H]1CN(C(=O)c2ccc(F)cc2)C[C@H]1C(=O)NCC1CC1. The predicted molar refractivity (Wildman–Crippen MR) is 107 cm³/mol. The van der Waals surface area contributed by atoms with E-state index in [2.05, 4.69) is 5.32 Å². The first-order chi connectivity index (χ1) is 14.1. The predicted octanol–water partition coefficient (Wildman–Crippen LogP) is 3.22. The number of hydrogen-bond acceptors (Lipinski definition) is 3. The fraction of sp³-hybridized carbons (Fsp3) is 0.391. The Bertz CT molecular complexity index is 895. The van der Waals surface area contributed by atoms with Gasteiger partial charge in [-0.3, -0.25) is 9.59 Å². The number of nitrogens with zero attached hydrogens (tertiary/aromatic N) is 1. The molecule has 1 heterocycles. The van der Waals surface area contributed by atoms with Gasteiger partial charge in [-0.1, -0.05) is 18.2 Å². The summed E-state index contributed by atoms with van der Waals surface area (Å²) < 4.78 is 18.7. The molecule has 1 N–H and O–H groups in total. The number of hydrogen-bond donors (Lipinski definition) is 1. The molecule has 1 aliphatic carbocycles. The van der Waals surface area contributed by atoms with E-state index in [0.717, 1.165) is 18.4 Å². The Balaban J connectivity index is 1.58. The van der Waals surface area contributed by atoms with Crippen molar-refractivity contribution in [1.82, 2.24) is 10.2 Å². The Hall–Kier alpha value is -2.89. The molecule has 0 aromatic heterocycles. The molecule has 2 amide bonds. The molecule has 0 bridgehead atoms. The van der Waals surface area contributed by atoms with Crippen LogP contribution in [0.5, 0.6) is 5.75 Å². The van der Waals surface area contributed by atoms with Gasteiger partial charge in [0.1, 0.15) is 11.6 Å². The van der Waals surface area contributed by atoms with Gasteiger partial charge in [-0.25, -0.2) is 4.39 Å². The molecular weight excluding hydrogens is 371 g/mol. The van der Waals surface area contributed by atoms with E-state index in [-0.39, 0.29) is 29.5 Å². The van der Waals surface area contributed by atoms with Crippen LogP contribution in [-0.2, 0) is 4.79 Å². The van der Waals surface area contributed by atoms with E-state index in [1.54, 1.807) is 12.0 Å². The van der Waals surface area contributed by atoms with Crippen molar-refractivity contribution in [2.45, 2.75) is 18.8 Å². The quantitative estimate of drug-likeness (QED) is 0.816. The van der Waals surface area contributed by atoms with Gasteiger partial charge in [-0.05, 0) is 54.7 Å². The number of carbonyl (C=O) groups is 2. The third-order valence-electron chi connectivity index (χ3n) is 5.84. The maximum atomic E-state index is 13.2. The summed E-state index contributed by atoms with van der Waals surface area (Å²) in [4.78, 5) is 27.6. The lowest BCUT2D eigenvalue weighted by molar-refractivity contribution is -0.125. The molecule has 0 radical (unpaired) electrons. The molecule has 5 nitrogen and oxygen atoms in total. The number of para-hydroxylation sites is 1. The maximum Gasteiger partial charge on any atom is 0.253 e. The molecule has 2 aromatic carbocycles. The van der Waals surface area contributed by atoms with E-state index in [1.165, 1.54) is 24.3 Å². The summed E-state index contributed by atoms with van der Waals surface area (Å²) in [6.07, 6.45) is 2.33. The van der Waals surface area contributed by atoms with E-state index < -0.39 is 0 Å². The summed E-state index contributed by atoms with van der Waals surface area (Å²) in [6.45, 7) is 1.44. The van der Waals surface area contributed by atoms with Gasteiger partial charge in [-0.15, -0.1) is 0 Å². The first-order valence-electron chi connectivity index (χ1n) is 10.0. The minimum absolute atomic E-state index is 0.0257. The molecule has 1 aliphatic heterocycles. The highest BCUT2D eigenvalue weighted by molar-refractivity contribution is 5.95. The minimum atomic E-state index is -0.382. The van der Waals surface area contributed by atoms with Crippen LogP contribution in [0.15, 0.2) is 48.5 Å². The Morgan fingerprint density at radius 1 is 1.10 bits per heavy atom. The summed E-state index contributed by atoms with van der Waals surface area (Å²) in [5, 5.41) is 3.06. The van der Waals surface area contributed by atoms with Crippen LogP contribution >= 0.6 is 0 Å². The molecule has 2 aromatic rings. The molecule has 29 heavy (non-hydrogen) atoms. The lowest BCUT2D eigenvalue weighted by atomic mass is 9.87. The highest BCUT2D eigenvalue weighted by Gasteiger charge is 2.42. The monoisotopic (exact) mass is 396 g/mol. The standard InChI is InChI=1S/C23H25FN2O3/c1-29-21-5-3-2-4-18(21)19-13-26(23(28)16-8-10-17(24)11-9-16)14-20(19)22(27)25-12-15-6-7-15/h2-5,8-11,15,19-20H,6-7,12-14H2,1H3,(H,25,27)/t19-,20+/m0/s1. The number of benzene rings is 2. The van der Waals surface area contributed by atoms with Crippen molar-refractivity contribution in [3.8, 4) is 5.75 Å². The van der Waals surface area contributed by atoms with Gasteiger partial charge in [0.15, 0.2) is 0 Å². The molecule has 0 spiro atoms. The van der Waals surface area contributed by atoms with Crippen molar-refractivity contribution < 1.29 is 18.7 Å². The Labute approximate surface area is 169 Å². The largest absolute Gasteiger partial charge is 0.496 e. The van der Waals surface area contributed by atoms with Crippen molar-refractivity contribution in [3.05, 3.63) is 65.5 Å². The maximum absolute atomic E-state index is 13.2. The average Bonchev–Trinajstić information content (AvgIpc) is 3.48. The second-order valence-electron chi connectivity index (χ2n) is 7.86. The van der Waals surface area contributed by atoms with Crippen molar-refractivity contribution in [2.75, 3.05) is 26.7 Å². The van der Waals surface area contributed by atoms with Gasteiger partial charge < -0.3 is 15.0 Å². The summed E-state index contributed by atoms with van der Waals surface area (Å²) in [6, 6.07) is 13.2.